The molecular weight excluding hydrogens is 473 g/mol. The number of rotatable bonds is 7. The van der Waals surface area contributed by atoms with Gasteiger partial charge in [0.05, 0.1) is 26.2 Å². The Morgan fingerprint density at radius 3 is 2.29 bits per heavy atom. The van der Waals surface area contributed by atoms with Gasteiger partial charge in [0.2, 0.25) is 5.91 Å². The Morgan fingerprint density at radius 1 is 1.00 bits per heavy atom. The van der Waals surface area contributed by atoms with Crippen molar-refractivity contribution in [3.63, 3.8) is 0 Å². The van der Waals surface area contributed by atoms with Crippen LogP contribution in [0.3, 0.4) is 0 Å². The standard InChI is InChI=1S/C23H25F3N2O5S/c1-32-20(30)18-15-11-7-4-8-12-16(15)34-19(18)28-22(21(31)33-2,23(24,25)26)27-17(29)13-14-9-5-3-6-10-14/h3,5-6,9-10,28H,4,7-8,11-13H2,1-2H3,(H,27,29)/t22-/m1/s1. The number of benzene rings is 1. The number of hydrogen-bond acceptors (Lipinski definition) is 7. The van der Waals surface area contributed by atoms with E-state index < -0.39 is 36.1 Å². The summed E-state index contributed by atoms with van der Waals surface area (Å²) in [7, 11) is 1.92. The van der Waals surface area contributed by atoms with E-state index in [0.717, 1.165) is 49.7 Å². The minimum atomic E-state index is -5.30. The van der Waals surface area contributed by atoms with Crippen molar-refractivity contribution >= 4 is 34.2 Å². The van der Waals surface area contributed by atoms with E-state index in [4.69, 9.17) is 4.74 Å². The Bertz CT molecular complexity index is 1050. The Kier molecular flexibility index (Phi) is 7.86. The van der Waals surface area contributed by atoms with Crippen molar-refractivity contribution in [2.24, 2.45) is 0 Å². The highest BCUT2D eigenvalue weighted by Gasteiger charge is 2.64. The van der Waals surface area contributed by atoms with Crippen LogP contribution in [0.2, 0.25) is 0 Å². The van der Waals surface area contributed by atoms with Crippen molar-refractivity contribution < 1.29 is 37.0 Å². The second-order valence-corrected chi connectivity index (χ2v) is 8.94. The van der Waals surface area contributed by atoms with Crippen molar-refractivity contribution in [3.05, 3.63) is 51.9 Å². The third-order valence-electron chi connectivity index (χ3n) is 5.56. The average molecular weight is 499 g/mol. The van der Waals surface area contributed by atoms with Crippen LogP contribution in [-0.4, -0.2) is 43.9 Å². The Hall–Kier alpha value is -3.08. The fraction of sp³-hybridized carbons (Fsp3) is 0.435. The maximum Gasteiger partial charge on any atom is 0.441 e. The highest BCUT2D eigenvalue weighted by atomic mass is 32.1. The first-order valence-corrected chi connectivity index (χ1v) is 11.5. The lowest BCUT2D eigenvalue weighted by Gasteiger charge is -2.34. The van der Waals surface area contributed by atoms with Gasteiger partial charge in [-0.1, -0.05) is 36.8 Å². The fourth-order valence-corrected chi connectivity index (χ4v) is 5.23. The monoisotopic (exact) mass is 498 g/mol. The summed E-state index contributed by atoms with van der Waals surface area (Å²) in [4.78, 5) is 38.6. The van der Waals surface area contributed by atoms with Crippen LogP contribution < -0.4 is 10.6 Å². The minimum Gasteiger partial charge on any atom is -0.466 e. The van der Waals surface area contributed by atoms with Gasteiger partial charge in [-0.2, -0.15) is 13.2 Å². The van der Waals surface area contributed by atoms with Gasteiger partial charge >= 0.3 is 23.8 Å². The number of fused-ring (bicyclic) bond motifs is 1. The molecule has 1 atom stereocenters. The molecule has 0 aliphatic heterocycles. The molecule has 34 heavy (non-hydrogen) atoms. The summed E-state index contributed by atoms with van der Waals surface area (Å²) in [6, 6.07) is 8.13. The molecule has 3 rings (SSSR count). The molecule has 0 bridgehead atoms. The normalized spacial score (nSPS) is 15.3. The Morgan fingerprint density at radius 2 is 1.68 bits per heavy atom. The second kappa shape index (κ2) is 10.5. The molecule has 0 unspecified atom stereocenters. The van der Waals surface area contributed by atoms with Gasteiger partial charge in [0.1, 0.15) is 5.00 Å². The topological polar surface area (TPSA) is 93.7 Å². The molecule has 1 aliphatic carbocycles. The predicted octanol–water partition coefficient (Wildman–Crippen LogP) is 4.01. The number of carbonyl (C=O) groups excluding carboxylic acids is 3. The number of hydrogen-bond donors (Lipinski definition) is 2. The van der Waals surface area contributed by atoms with Crippen molar-refractivity contribution in [1.29, 1.82) is 0 Å². The molecule has 1 amide bonds. The van der Waals surface area contributed by atoms with Gasteiger partial charge < -0.3 is 20.1 Å². The highest BCUT2D eigenvalue weighted by Crippen LogP contribution is 2.42. The van der Waals surface area contributed by atoms with Crippen LogP contribution >= 0.6 is 11.3 Å². The first-order chi connectivity index (χ1) is 16.1. The third-order valence-corrected chi connectivity index (χ3v) is 6.77. The zero-order valence-electron chi connectivity index (χ0n) is 18.7. The van der Waals surface area contributed by atoms with E-state index in [2.05, 4.69) is 10.1 Å². The molecule has 7 nitrogen and oxygen atoms in total. The van der Waals surface area contributed by atoms with Gasteiger partial charge in [0.15, 0.2) is 0 Å². The van der Waals surface area contributed by atoms with Crippen LogP contribution in [0.1, 0.15) is 45.6 Å². The molecule has 0 fully saturated rings. The highest BCUT2D eigenvalue weighted by molar-refractivity contribution is 7.16. The SMILES string of the molecule is COC(=O)c1c(N[C@](NC(=O)Cc2ccccc2)(C(=O)OC)C(F)(F)F)sc2c1CCCCC2. The number of ether oxygens (including phenoxy) is 2. The van der Waals surface area contributed by atoms with Crippen LogP contribution in [0.4, 0.5) is 18.2 Å². The zero-order valence-corrected chi connectivity index (χ0v) is 19.5. The van der Waals surface area contributed by atoms with Crippen LogP contribution in [0.5, 0.6) is 0 Å². The molecular formula is C23H25F3N2O5S. The first kappa shape index (κ1) is 25.5. The number of thiophene rings is 1. The lowest BCUT2D eigenvalue weighted by molar-refractivity contribution is -0.206. The molecule has 2 N–H and O–H groups in total. The number of halogens is 3. The number of carbonyl (C=O) groups is 3. The van der Waals surface area contributed by atoms with Crippen molar-refractivity contribution in [3.8, 4) is 0 Å². The number of anilines is 1. The molecule has 1 aromatic carbocycles. The minimum absolute atomic E-state index is 0.0563. The summed E-state index contributed by atoms with van der Waals surface area (Å²) in [5.74, 6) is -3.64. The third kappa shape index (κ3) is 5.19. The van der Waals surface area contributed by atoms with Gasteiger partial charge in [-0.25, -0.2) is 9.59 Å². The van der Waals surface area contributed by atoms with Gasteiger partial charge in [0, 0.05) is 4.88 Å². The smallest absolute Gasteiger partial charge is 0.441 e. The van der Waals surface area contributed by atoms with E-state index in [1.165, 1.54) is 0 Å². The number of esters is 2. The fourth-order valence-electron chi connectivity index (χ4n) is 3.90. The molecule has 1 aromatic heterocycles. The molecule has 0 spiro atoms. The summed E-state index contributed by atoms with van der Waals surface area (Å²) in [5, 5.41) is 3.74. The molecule has 0 saturated carbocycles. The Labute approximate surface area is 198 Å². The lowest BCUT2D eigenvalue weighted by Crippen LogP contribution is -2.69. The van der Waals surface area contributed by atoms with Crippen LogP contribution in [-0.2, 0) is 38.3 Å². The van der Waals surface area contributed by atoms with Crippen molar-refractivity contribution in [1.82, 2.24) is 5.32 Å². The largest absolute Gasteiger partial charge is 0.466 e. The van der Waals surface area contributed by atoms with Gasteiger partial charge in [-0.3, -0.25) is 4.79 Å². The van der Waals surface area contributed by atoms with Crippen LogP contribution in [0.25, 0.3) is 0 Å². The maximum atomic E-state index is 14.5. The predicted molar refractivity (Wildman–Crippen MR) is 120 cm³/mol. The summed E-state index contributed by atoms with van der Waals surface area (Å²) in [5.41, 5.74) is -2.61. The van der Waals surface area contributed by atoms with E-state index in [9.17, 15) is 27.6 Å². The van der Waals surface area contributed by atoms with E-state index in [-0.39, 0.29) is 10.6 Å². The van der Waals surface area contributed by atoms with Gasteiger partial charge in [-0.15, -0.1) is 11.3 Å². The van der Waals surface area contributed by atoms with E-state index in [1.54, 1.807) is 35.6 Å². The van der Waals surface area contributed by atoms with Gasteiger partial charge in [0.25, 0.3) is 0 Å². The lowest BCUT2D eigenvalue weighted by atomic mass is 10.0. The number of alkyl halides is 3. The number of methoxy groups -OCH3 is 2. The van der Waals surface area contributed by atoms with Crippen LogP contribution in [0.15, 0.2) is 30.3 Å². The van der Waals surface area contributed by atoms with E-state index in [1.807, 2.05) is 0 Å². The van der Waals surface area contributed by atoms with Crippen molar-refractivity contribution in [2.45, 2.75) is 50.4 Å². The zero-order chi connectivity index (χ0) is 24.9. The first-order valence-electron chi connectivity index (χ1n) is 10.6. The maximum absolute atomic E-state index is 14.5. The molecule has 1 heterocycles. The van der Waals surface area contributed by atoms with Crippen molar-refractivity contribution in [2.75, 3.05) is 19.5 Å². The summed E-state index contributed by atoms with van der Waals surface area (Å²) < 4.78 is 52.7. The molecule has 2 aromatic rings. The molecule has 0 radical (unpaired) electrons. The molecule has 11 heteroatoms. The molecule has 0 saturated heterocycles. The number of nitrogens with one attached hydrogen (secondary N) is 2. The number of aryl methyl sites for hydroxylation is 1. The Balaban J connectivity index is 2.06. The average Bonchev–Trinajstić information content (AvgIpc) is 2.97. The summed E-state index contributed by atoms with van der Waals surface area (Å²) in [6.45, 7) is 0. The summed E-state index contributed by atoms with van der Waals surface area (Å²) >= 11 is 0.950. The second-order valence-electron chi connectivity index (χ2n) is 7.84. The van der Waals surface area contributed by atoms with E-state index >= 15 is 0 Å². The summed E-state index contributed by atoms with van der Waals surface area (Å²) in [6.07, 6.45) is -2.11. The quantitative estimate of drug-likeness (QED) is 0.341. The molecule has 184 valence electrons. The number of amides is 1. The van der Waals surface area contributed by atoms with Crippen LogP contribution in [0, 0.1) is 0 Å². The van der Waals surface area contributed by atoms with Gasteiger partial charge in [-0.05, 0) is 36.8 Å². The van der Waals surface area contributed by atoms with E-state index in [0.29, 0.717) is 24.0 Å². The molecule has 1 aliphatic rings.